The minimum atomic E-state index is -0.570. The third-order valence-corrected chi connectivity index (χ3v) is 4.97. The SMILES string of the molecule is Cc1cccc(N2CCN(C(=O)c3ccccc3OCC(N)=O)CC2)c1C. The highest BCUT2D eigenvalue weighted by Gasteiger charge is 2.25. The van der Waals surface area contributed by atoms with Gasteiger partial charge in [-0.25, -0.2) is 0 Å². The molecule has 1 heterocycles. The number of primary amides is 1. The Bertz CT molecular complexity index is 842. The summed E-state index contributed by atoms with van der Waals surface area (Å²) in [6.07, 6.45) is 0. The van der Waals surface area contributed by atoms with Gasteiger partial charge in [0.25, 0.3) is 11.8 Å². The lowest BCUT2D eigenvalue weighted by Gasteiger charge is -2.37. The molecule has 0 aromatic heterocycles. The Morgan fingerprint density at radius 1 is 1.00 bits per heavy atom. The topological polar surface area (TPSA) is 75.9 Å². The summed E-state index contributed by atoms with van der Waals surface area (Å²) in [5.74, 6) is -0.270. The van der Waals surface area contributed by atoms with Crippen molar-refractivity contribution in [3.05, 3.63) is 59.2 Å². The van der Waals surface area contributed by atoms with E-state index >= 15 is 0 Å². The van der Waals surface area contributed by atoms with Crippen LogP contribution in [0.25, 0.3) is 0 Å². The smallest absolute Gasteiger partial charge is 0.257 e. The number of nitrogens with zero attached hydrogens (tertiary/aromatic N) is 2. The molecule has 1 fully saturated rings. The molecule has 142 valence electrons. The largest absolute Gasteiger partial charge is 0.483 e. The Morgan fingerprint density at radius 3 is 2.41 bits per heavy atom. The molecule has 27 heavy (non-hydrogen) atoms. The highest BCUT2D eigenvalue weighted by atomic mass is 16.5. The van der Waals surface area contributed by atoms with Crippen LogP contribution in [0.5, 0.6) is 5.75 Å². The van der Waals surface area contributed by atoms with E-state index in [4.69, 9.17) is 10.5 Å². The van der Waals surface area contributed by atoms with Crippen molar-refractivity contribution in [3.8, 4) is 5.75 Å². The Morgan fingerprint density at radius 2 is 1.70 bits per heavy atom. The number of carbonyl (C=O) groups is 2. The number of hydrogen-bond donors (Lipinski definition) is 1. The number of benzene rings is 2. The van der Waals surface area contributed by atoms with Crippen LogP contribution in [0.3, 0.4) is 0 Å². The van der Waals surface area contributed by atoms with E-state index in [1.165, 1.54) is 16.8 Å². The Kier molecular flexibility index (Phi) is 5.64. The molecule has 1 aliphatic heterocycles. The van der Waals surface area contributed by atoms with Crippen LogP contribution in [0.15, 0.2) is 42.5 Å². The van der Waals surface area contributed by atoms with Crippen LogP contribution in [-0.2, 0) is 4.79 Å². The van der Waals surface area contributed by atoms with Crippen molar-refractivity contribution in [2.45, 2.75) is 13.8 Å². The molecule has 2 aromatic rings. The fraction of sp³-hybridized carbons (Fsp3) is 0.333. The number of nitrogens with two attached hydrogens (primary N) is 1. The van der Waals surface area contributed by atoms with Crippen LogP contribution in [0.2, 0.25) is 0 Å². The molecule has 2 N–H and O–H groups in total. The summed E-state index contributed by atoms with van der Waals surface area (Å²) >= 11 is 0. The van der Waals surface area contributed by atoms with E-state index in [0.717, 1.165) is 13.1 Å². The number of anilines is 1. The van der Waals surface area contributed by atoms with E-state index in [0.29, 0.717) is 24.4 Å². The van der Waals surface area contributed by atoms with Crippen LogP contribution in [-0.4, -0.2) is 49.5 Å². The van der Waals surface area contributed by atoms with Crippen molar-refractivity contribution in [2.75, 3.05) is 37.7 Å². The summed E-state index contributed by atoms with van der Waals surface area (Å²) in [6.45, 7) is 6.83. The van der Waals surface area contributed by atoms with Gasteiger partial charge >= 0.3 is 0 Å². The minimum absolute atomic E-state index is 0.0873. The summed E-state index contributed by atoms with van der Waals surface area (Å²) in [7, 11) is 0. The van der Waals surface area contributed by atoms with Crippen LogP contribution >= 0.6 is 0 Å². The van der Waals surface area contributed by atoms with Gasteiger partial charge in [0.2, 0.25) is 0 Å². The highest BCUT2D eigenvalue weighted by Crippen LogP contribution is 2.25. The second-order valence-corrected chi connectivity index (χ2v) is 6.75. The van der Waals surface area contributed by atoms with E-state index in [1.807, 2.05) is 4.90 Å². The van der Waals surface area contributed by atoms with Crippen molar-refractivity contribution in [1.82, 2.24) is 4.90 Å². The van der Waals surface area contributed by atoms with Crippen molar-refractivity contribution in [2.24, 2.45) is 5.73 Å². The number of piperazine rings is 1. The second-order valence-electron chi connectivity index (χ2n) is 6.75. The fourth-order valence-corrected chi connectivity index (χ4v) is 3.32. The lowest BCUT2D eigenvalue weighted by Crippen LogP contribution is -2.49. The van der Waals surface area contributed by atoms with Crippen LogP contribution in [0, 0.1) is 13.8 Å². The predicted octanol–water partition coefficient (Wildman–Crippen LogP) is 2.13. The first-order valence-electron chi connectivity index (χ1n) is 9.08. The summed E-state index contributed by atoms with van der Waals surface area (Å²) < 4.78 is 5.40. The number of amides is 2. The van der Waals surface area contributed by atoms with E-state index in [1.54, 1.807) is 24.3 Å². The van der Waals surface area contributed by atoms with Gasteiger partial charge < -0.3 is 20.3 Å². The molecule has 0 bridgehead atoms. The molecule has 2 aromatic carbocycles. The number of hydrogen-bond acceptors (Lipinski definition) is 4. The van der Waals surface area contributed by atoms with E-state index in [-0.39, 0.29) is 12.5 Å². The summed E-state index contributed by atoms with van der Waals surface area (Å²) in [4.78, 5) is 28.1. The standard InChI is InChI=1S/C21H25N3O3/c1-15-6-5-8-18(16(15)2)23-10-12-24(13-11-23)21(26)17-7-3-4-9-19(17)27-14-20(22)25/h3-9H,10-14H2,1-2H3,(H2,22,25). The maximum atomic E-state index is 12.9. The quantitative estimate of drug-likeness (QED) is 0.878. The number of carbonyl (C=O) groups excluding carboxylic acids is 2. The summed E-state index contributed by atoms with van der Waals surface area (Å²) in [5, 5.41) is 0. The molecule has 3 rings (SSSR count). The molecule has 0 saturated carbocycles. The number of rotatable bonds is 5. The maximum Gasteiger partial charge on any atom is 0.257 e. The fourth-order valence-electron chi connectivity index (χ4n) is 3.32. The number of aryl methyl sites for hydroxylation is 1. The van der Waals surface area contributed by atoms with Gasteiger partial charge in [-0.15, -0.1) is 0 Å². The van der Waals surface area contributed by atoms with Crippen LogP contribution in [0.4, 0.5) is 5.69 Å². The Balaban J connectivity index is 1.69. The first kappa shape index (κ1) is 18.8. The Labute approximate surface area is 159 Å². The predicted molar refractivity (Wildman–Crippen MR) is 105 cm³/mol. The van der Waals surface area contributed by atoms with E-state index < -0.39 is 5.91 Å². The van der Waals surface area contributed by atoms with E-state index in [2.05, 4.69) is 36.9 Å². The molecule has 1 aliphatic rings. The van der Waals surface area contributed by atoms with Gasteiger partial charge in [0.1, 0.15) is 5.75 Å². The maximum absolute atomic E-state index is 12.9. The monoisotopic (exact) mass is 367 g/mol. The molecular weight excluding hydrogens is 342 g/mol. The molecular formula is C21H25N3O3. The Hall–Kier alpha value is -3.02. The highest BCUT2D eigenvalue weighted by molar-refractivity contribution is 5.97. The first-order valence-corrected chi connectivity index (χ1v) is 9.08. The summed E-state index contributed by atoms with van der Waals surface area (Å²) in [5.41, 5.74) is 9.37. The molecule has 6 heteroatoms. The normalized spacial score (nSPS) is 14.1. The zero-order valence-corrected chi connectivity index (χ0v) is 15.8. The van der Waals surface area contributed by atoms with Crippen molar-refractivity contribution >= 4 is 17.5 Å². The van der Waals surface area contributed by atoms with Gasteiger partial charge in [0, 0.05) is 31.9 Å². The molecule has 2 amide bonds. The zero-order chi connectivity index (χ0) is 19.4. The van der Waals surface area contributed by atoms with Gasteiger partial charge in [0.05, 0.1) is 5.56 Å². The molecule has 1 saturated heterocycles. The minimum Gasteiger partial charge on any atom is -0.483 e. The van der Waals surface area contributed by atoms with Gasteiger partial charge in [-0.2, -0.15) is 0 Å². The van der Waals surface area contributed by atoms with Crippen molar-refractivity contribution in [3.63, 3.8) is 0 Å². The molecule has 0 radical (unpaired) electrons. The number of para-hydroxylation sites is 1. The van der Waals surface area contributed by atoms with E-state index in [9.17, 15) is 9.59 Å². The average molecular weight is 367 g/mol. The molecule has 0 spiro atoms. The lowest BCUT2D eigenvalue weighted by molar-refractivity contribution is -0.119. The van der Waals surface area contributed by atoms with Crippen molar-refractivity contribution < 1.29 is 14.3 Å². The molecule has 6 nitrogen and oxygen atoms in total. The number of ether oxygens (including phenoxy) is 1. The second kappa shape index (κ2) is 8.12. The first-order chi connectivity index (χ1) is 13.0. The van der Waals surface area contributed by atoms with Crippen molar-refractivity contribution in [1.29, 1.82) is 0 Å². The third kappa shape index (κ3) is 4.22. The van der Waals surface area contributed by atoms with Gasteiger partial charge in [-0.3, -0.25) is 9.59 Å². The van der Waals surface area contributed by atoms with Gasteiger partial charge in [-0.05, 0) is 43.2 Å². The van der Waals surface area contributed by atoms with Gasteiger partial charge in [-0.1, -0.05) is 24.3 Å². The average Bonchev–Trinajstić information content (AvgIpc) is 2.68. The molecule has 0 aliphatic carbocycles. The zero-order valence-electron chi connectivity index (χ0n) is 15.8. The molecule has 0 atom stereocenters. The van der Waals surface area contributed by atoms with Crippen LogP contribution < -0.4 is 15.4 Å². The third-order valence-electron chi connectivity index (χ3n) is 4.97. The van der Waals surface area contributed by atoms with Crippen LogP contribution in [0.1, 0.15) is 21.5 Å². The molecule has 0 unspecified atom stereocenters. The van der Waals surface area contributed by atoms with Gasteiger partial charge in [0.15, 0.2) is 6.61 Å². The summed E-state index contributed by atoms with van der Waals surface area (Å²) in [6, 6.07) is 13.3. The lowest BCUT2D eigenvalue weighted by atomic mass is 10.1.